The SMILES string of the molecule is C=CCN(CCO)C(=O)NCc1scnc1C. The molecule has 0 fully saturated rings. The fraction of sp³-hybridized carbons (Fsp3) is 0.455. The molecule has 1 aromatic rings. The smallest absolute Gasteiger partial charge is 0.318 e. The van der Waals surface area contributed by atoms with Gasteiger partial charge < -0.3 is 15.3 Å². The Morgan fingerprint density at radius 3 is 3.06 bits per heavy atom. The van der Waals surface area contributed by atoms with Crippen molar-refractivity contribution in [3.63, 3.8) is 0 Å². The van der Waals surface area contributed by atoms with Gasteiger partial charge in [0.25, 0.3) is 0 Å². The molecule has 0 aliphatic carbocycles. The Balaban J connectivity index is 2.47. The molecule has 0 aliphatic rings. The third-order valence-electron chi connectivity index (χ3n) is 2.25. The van der Waals surface area contributed by atoms with Crippen molar-refractivity contribution >= 4 is 17.4 Å². The van der Waals surface area contributed by atoms with E-state index in [-0.39, 0.29) is 12.6 Å². The van der Waals surface area contributed by atoms with Crippen LogP contribution in [0.25, 0.3) is 0 Å². The van der Waals surface area contributed by atoms with Crippen molar-refractivity contribution < 1.29 is 9.90 Å². The average Bonchev–Trinajstić information content (AvgIpc) is 2.71. The predicted octanol–water partition coefficient (Wildman–Crippen LogP) is 1.14. The number of aryl methyl sites for hydroxylation is 1. The lowest BCUT2D eigenvalue weighted by Gasteiger charge is -2.20. The molecule has 2 N–H and O–H groups in total. The van der Waals surface area contributed by atoms with E-state index in [0.29, 0.717) is 19.6 Å². The molecule has 0 saturated heterocycles. The lowest BCUT2D eigenvalue weighted by atomic mass is 10.4. The van der Waals surface area contributed by atoms with Crippen molar-refractivity contribution in [2.24, 2.45) is 0 Å². The summed E-state index contributed by atoms with van der Waals surface area (Å²) in [4.78, 5) is 18.4. The van der Waals surface area contributed by atoms with Crippen LogP contribution in [0.15, 0.2) is 18.2 Å². The van der Waals surface area contributed by atoms with Gasteiger partial charge in [-0.3, -0.25) is 0 Å². The summed E-state index contributed by atoms with van der Waals surface area (Å²) >= 11 is 1.52. The number of amides is 2. The molecule has 0 atom stereocenters. The van der Waals surface area contributed by atoms with E-state index in [1.807, 2.05) is 6.92 Å². The Bertz CT molecular complexity index is 379. The van der Waals surface area contributed by atoms with Crippen LogP contribution in [0.1, 0.15) is 10.6 Å². The first-order valence-electron chi connectivity index (χ1n) is 5.32. The summed E-state index contributed by atoms with van der Waals surface area (Å²) in [6.07, 6.45) is 1.63. The Labute approximate surface area is 105 Å². The van der Waals surface area contributed by atoms with Crippen LogP contribution in [0.5, 0.6) is 0 Å². The minimum Gasteiger partial charge on any atom is -0.395 e. The number of carbonyl (C=O) groups excluding carboxylic acids is 1. The second kappa shape index (κ2) is 7.03. The molecule has 6 heteroatoms. The summed E-state index contributed by atoms with van der Waals surface area (Å²) < 4.78 is 0. The number of carbonyl (C=O) groups is 1. The first-order valence-corrected chi connectivity index (χ1v) is 6.20. The summed E-state index contributed by atoms with van der Waals surface area (Å²) in [7, 11) is 0. The zero-order valence-corrected chi connectivity index (χ0v) is 10.7. The van der Waals surface area contributed by atoms with Crippen molar-refractivity contribution in [1.29, 1.82) is 0 Å². The van der Waals surface area contributed by atoms with Crippen LogP contribution < -0.4 is 5.32 Å². The van der Waals surface area contributed by atoms with Crippen LogP contribution in [-0.4, -0.2) is 40.7 Å². The molecule has 0 bridgehead atoms. The van der Waals surface area contributed by atoms with E-state index in [2.05, 4.69) is 16.9 Å². The maximum absolute atomic E-state index is 11.8. The molecule has 94 valence electrons. The Hall–Kier alpha value is -1.40. The van der Waals surface area contributed by atoms with Crippen LogP contribution >= 0.6 is 11.3 Å². The van der Waals surface area contributed by atoms with E-state index < -0.39 is 0 Å². The summed E-state index contributed by atoms with van der Waals surface area (Å²) in [5, 5.41) is 11.6. The number of aromatic nitrogens is 1. The lowest BCUT2D eigenvalue weighted by molar-refractivity contribution is 0.183. The van der Waals surface area contributed by atoms with E-state index >= 15 is 0 Å². The van der Waals surface area contributed by atoms with Gasteiger partial charge >= 0.3 is 6.03 Å². The van der Waals surface area contributed by atoms with Gasteiger partial charge in [0.05, 0.1) is 24.4 Å². The van der Waals surface area contributed by atoms with Crippen molar-refractivity contribution in [2.45, 2.75) is 13.5 Å². The molecule has 1 rings (SSSR count). The van der Waals surface area contributed by atoms with Crippen molar-refractivity contribution in [3.8, 4) is 0 Å². The van der Waals surface area contributed by atoms with Crippen LogP contribution in [0.3, 0.4) is 0 Å². The second-order valence-electron chi connectivity index (χ2n) is 3.48. The molecular formula is C11H17N3O2S. The first-order chi connectivity index (χ1) is 8.19. The van der Waals surface area contributed by atoms with Gasteiger partial charge in [-0.25, -0.2) is 9.78 Å². The molecular weight excluding hydrogens is 238 g/mol. The van der Waals surface area contributed by atoms with E-state index in [4.69, 9.17) is 5.11 Å². The number of hydrogen-bond donors (Lipinski definition) is 2. The molecule has 0 saturated carbocycles. The van der Waals surface area contributed by atoms with Crippen LogP contribution in [0.2, 0.25) is 0 Å². The number of thiazole rings is 1. The number of urea groups is 1. The van der Waals surface area contributed by atoms with Crippen molar-refractivity contribution in [2.75, 3.05) is 19.7 Å². The molecule has 0 aromatic carbocycles. The Morgan fingerprint density at radius 1 is 1.76 bits per heavy atom. The van der Waals surface area contributed by atoms with Crippen LogP contribution in [-0.2, 0) is 6.54 Å². The largest absolute Gasteiger partial charge is 0.395 e. The highest BCUT2D eigenvalue weighted by molar-refractivity contribution is 7.09. The van der Waals surface area contributed by atoms with E-state index in [9.17, 15) is 4.79 Å². The monoisotopic (exact) mass is 255 g/mol. The summed E-state index contributed by atoms with van der Waals surface area (Å²) in [6, 6.07) is -0.202. The Morgan fingerprint density at radius 2 is 2.53 bits per heavy atom. The summed E-state index contributed by atoms with van der Waals surface area (Å²) in [5.41, 5.74) is 2.69. The van der Waals surface area contributed by atoms with Gasteiger partial charge in [0.2, 0.25) is 0 Å². The van der Waals surface area contributed by atoms with Gasteiger partial charge in [-0.1, -0.05) is 6.08 Å². The van der Waals surface area contributed by atoms with Gasteiger partial charge in [-0.05, 0) is 6.92 Å². The van der Waals surface area contributed by atoms with Gasteiger partial charge in [0.1, 0.15) is 0 Å². The lowest BCUT2D eigenvalue weighted by Crippen LogP contribution is -2.41. The standard InChI is InChI=1S/C11H17N3O2S/c1-3-4-14(5-6-15)11(16)12-7-10-9(2)13-8-17-10/h3,8,15H,1,4-7H2,2H3,(H,12,16). The highest BCUT2D eigenvalue weighted by atomic mass is 32.1. The number of rotatable bonds is 6. The number of aliphatic hydroxyl groups excluding tert-OH is 1. The van der Waals surface area contributed by atoms with Crippen LogP contribution in [0.4, 0.5) is 4.79 Å². The molecule has 0 spiro atoms. The fourth-order valence-electron chi connectivity index (χ4n) is 1.32. The number of aliphatic hydroxyl groups is 1. The topological polar surface area (TPSA) is 65.5 Å². The zero-order valence-electron chi connectivity index (χ0n) is 9.85. The van der Waals surface area contributed by atoms with E-state index in [1.165, 1.54) is 16.2 Å². The molecule has 5 nitrogen and oxygen atoms in total. The third-order valence-corrected chi connectivity index (χ3v) is 3.19. The second-order valence-corrected chi connectivity index (χ2v) is 4.42. The molecule has 0 unspecified atom stereocenters. The third kappa shape index (κ3) is 4.16. The predicted molar refractivity (Wildman–Crippen MR) is 67.9 cm³/mol. The molecule has 0 aliphatic heterocycles. The van der Waals surface area contributed by atoms with E-state index in [0.717, 1.165) is 10.6 Å². The van der Waals surface area contributed by atoms with Gasteiger partial charge in [-0.15, -0.1) is 17.9 Å². The molecule has 0 radical (unpaired) electrons. The highest BCUT2D eigenvalue weighted by Crippen LogP contribution is 2.11. The average molecular weight is 255 g/mol. The number of nitrogens with zero attached hydrogens (tertiary/aromatic N) is 2. The van der Waals surface area contributed by atoms with Gasteiger partial charge in [0.15, 0.2) is 0 Å². The van der Waals surface area contributed by atoms with Gasteiger partial charge in [0, 0.05) is 18.0 Å². The minimum atomic E-state index is -0.202. The molecule has 1 heterocycles. The Kier molecular flexibility index (Phi) is 5.65. The minimum absolute atomic E-state index is 0.0547. The maximum Gasteiger partial charge on any atom is 0.318 e. The van der Waals surface area contributed by atoms with E-state index in [1.54, 1.807) is 11.6 Å². The molecule has 17 heavy (non-hydrogen) atoms. The van der Waals surface area contributed by atoms with Gasteiger partial charge in [-0.2, -0.15) is 0 Å². The summed E-state index contributed by atoms with van der Waals surface area (Å²) in [6.45, 7) is 6.63. The number of nitrogens with one attached hydrogen (secondary N) is 1. The number of hydrogen-bond acceptors (Lipinski definition) is 4. The molecule has 1 aromatic heterocycles. The highest BCUT2D eigenvalue weighted by Gasteiger charge is 2.11. The van der Waals surface area contributed by atoms with Crippen molar-refractivity contribution in [1.82, 2.24) is 15.2 Å². The quantitative estimate of drug-likeness (QED) is 0.749. The first kappa shape index (κ1) is 13.7. The van der Waals surface area contributed by atoms with Crippen LogP contribution in [0, 0.1) is 6.92 Å². The fourth-order valence-corrected chi connectivity index (χ4v) is 2.03. The molecule has 2 amide bonds. The summed E-state index contributed by atoms with van der Waals surface area (Å²) in [5.74, 6) is 0. The normalized spacial score (nSPS) is 10.0. The van der Waals surface area contributed by atoms with Crippen molar-refractivity contribution in [3.05, 3.63) is 28.7 Å². The maximum atomic E-state index is 11.8. The zero-order chi connectivity index (χ0) is 12.7.